The monoisotopic (exact) mass is 237 g/mol. The molecule has 1 aliphatic carbocycles. The van der Waals surface area contributed by atoms with Crippen molar-refractivity contribution in [2.24, 2.45) is 5.92 Å². The zero-order valence-corrected chi connectivity index (χ0v) is 10.1. The zero-order chi connectivity index (χ0) is 11.5. The largest absolute Gasteiger partial charge is 0.354 e. The SMILES string of the molecule is CC(Cl)CNC(=O)C1CC1c1ccccc1. The predicted molar refractivity (Wildman–Crippen MR) is 65.6 cm³/mol. The molecule has 0 aliphatic heterocycles. The van der Waals surface area contributed by atoms with E-state index in [9.17, 15) is 4.79 Å². The van der Waals surface area contributed by atoms with E-state index in [1.165, 1.54) is 5.56 Å². The average molecular weight is 238 g/mol. The second-order valence-corrected chi connectivity index (χ2v) is 5.13. The fraction of sp³-hybridized carbons (Fsp3) is 0.462. The lowest BCUT2D eigenvalue weighted by Crippen LogP contribution is -2.30. The summed E-state index contributed by atoms with van der Waals surface area (Å²) in [5.74, 6) is 0.700. The van der Waals surface area contributed by atoms with Gasteiger partial charge >= 0.3 is 0 Å². The molecule has 1 saturated carbocycles. The number of halogens is 1. The van der Waals surface area contributed by atoms with Crippen molar-refractivity contribution in [3.63, 3.8) is 0 Å². The molecular formula is C13H16ClNO. The van der Waals surface area contributed by atoms with Gasteiger partial charge in [0.2, 0.25) is 5.91 Å². The van der Waals surface area contributed by atoms with E-state index < -0.39 is 0 Å². The molecule has 0 radical (unpaired) electrons. The molecule has 3 unspecified atom stereocenters. The van der Waals surface area contributed by atoms with Gasteiger partial charge in [0.05, 0.1) is 0 Å². The summed E-state index contributed by atoms with van der Waals surface area (Å²) in [6, 6.07) is 10.2. The Bertz CT molecular complexity index is 363. The van der Waals surface area contributed by atoms with Gasteiger partial charge in [-0.15, -0.1) is 11.6 Å². The van der Waals surface area contributed by atoms with Gasteiger partial charge in [-0.05, 0) is 24.8 Å². The van der Waals surface area contributed by atoms with Crippen LogP contribution in [0.3, 0.4) is 0 Å². The van der Waals surface area contributed by atoms with E-state index in [2.05, 4.69) is 17.4 Å². The molecule has 1 aromatic carbocycles. The van der Waals surface area contributed by atoms with Gasteiger partial charge in [-0.25, -0.2) is 0 Å². The van der Waals surface area contributed by atoms with Crippen molar-refractivity contribution in [1.29, 1.82) is 0 Å². The lowest BCUT2D eigenvalue weighted by atomic mass is 10.1. The van der Waals surface area contributed by atoms with Gasteiger partial charge in [-0.1, -0.05) is 30.3 Å². The maximum Gasteiger partial charge on any atom is 0.223 e. The van der Waals surface area contributed by atoms with Crippen molar-refractivity contribution in [3.05, 3.63) is 35.9 Å². The number of hydrogen-bond acceptors (Lipinski definition) is 1. The first-order valence-corrected chi connectivity index (χ1v) is 6.09. The molecule has 1 aromatic rings. The Morgan fingerprint density at radius 3 is 2.81 bits per heavy atom. The molecule has 0 aromatic heterocycles. The fourth-order valence-electron chi connectivity index (χ4n) is 1.93. The fourth-order valence-corrected chi connectivity index (χ4v) is 2.00. The maximum absolute atomic E-state index is 11.7. The Hall–Kier alpha value is -1.02. The highest BCUT2D eigenvalue weighted by molar-refractivity contribution is 6.20. The van der Waals surface area contributed by atoms with Crippen LogP contribution >= 0.6 is 11.6 Å². The van der Waals surface area contributed by atoms with E-state index in [4.69, 9.17) is 11.6 Å². The summed E-state index contributed by atoms with van der Waals surface area (Å²) >= 11 is 5.79. The standard InChI is InChI=1S/C13H16ClNO/c1-9(14)8-15-13(16)12-7-11(12)10-5-3-2-4-6-10/h2-6,9,11-12H,7-8H2,1H3,(H,15,16). The molecule has 1 N–H and O–H groups in total. The topological polar surface area (TPSA) is 29.1 Å². The van der Waals surface area contributed by atoms with Crippen molar-refractivity contribution in [1.82, 2.24) is 5.32 Å². The average Bonchev–Trinajstić information content (AvgIpc) is 3.07. The molecule has 2 rings (SSSR count). The molecule has 16 heavy (non-hydrogen) atoms. The highest BCUT2D eigenvalue weighted by Gasteiger charge is 2.43. The summed E-state index contributed by atoms with van der Waals surface area (Å²) in [6.07, 6.45) is 0.965. The van der Waals surface area contributed by atoms with Crippen molar-refractivity contribution in [2.45, 2.75) is 24.6 Å². The third-order valence-electron chi connectivity index (χ3n) is 2.91. The molecule has 0 bridgehead atoms. The van der Waals surface area contributed by atoms with Crippen LogP contribution in [0.2, 0.25) is 0 Å². The number of rotatable bonds is 4. The Balaban J connectivity index is 1.85. The van der Waals surface area contributed by atoms with Crippen LogP contribution in [0.15, 0.2) is 30.3 Å². The van der Waals surface area contributed by atoms with Gasteiger partial charge in [-0.2, -0.15) is 0 Å². The molecule has 0 spiro atoms. The quantitative estimate of drug-likeness (QED) is 0.802. The number of nitrogens with one attached hydrogen (secondary N) is 1. The Kier molecular flexibility index (Phi) is 3.49. The van der Waals surface area contributed by atoms with Gasteiger partial charge in [0.15, 0.2) is 0 Å². The summed E-state index contributed by atoms with van der Waals surface area (Å²) in [5, 5.41) is 2.87. The Morgan fingerprint density at radius 1 is 1.50 bits per heavy atom. The first-order chi connectivity index (χ1) is 7.68. The van der Waals surface area contributed by atoms with E-state index in [-0.39, 0.29) is 17.2 Å². The molecule has 3 heteroatoms. The summed E-state index contributed by atoms with van der Waals surface area (Å²) in [5.41, 5.74) is 1.27. The Morgan fingerprint density at radius 2 is 2.19 bits per heavy atom. The molecule has 0 heterocycles. The predicted octanol–water partition coefficient (Wildman–Crippen LogP) is 2.53. The molecule has 86 valence electrons. The third kappa shape index (κ3) is 2.76. The second-order valence-electron chi connectivity index (χ2n) is 4.39. The minimum absolute atomic E-state index is 0.00197. The normalized spacial score (nSPS) is 24.9. The van der Waals surface area contributed by atoms with Gasteiger partial charge in [0.25, 0.3) is 0 Å². The highest BCUT2D eigenvalue weighted by atomic mass is 35.5. The smallest absolute Gasteiger partial charge is 0.223 e. The minimum atomic E-state index is -0.00197. The second kappa shape index (κ2) is 4.88. The molecular weight excluding hydrogens is 222 g/mol. The van der Waals surface area contributed by atoms with Crippen molar-refractivity contribution < 1.29 is 4.79 Å². The highest BCUT2D eigenvalue weighted by Crippen LogP contribution is 2.47. The van der Waals surface area contributed by atoms with E-state index >= 15 is 0 Å². The lowest BCUT2D eigenvalue weighted by Gasteiger charge is -2.05. The maximum atomic E-state index is 11.7. The van der Waals surface area contributed by atoms with Crippen LogP contribution in [-0.4, -0.2) is 17.8 Å². The number of carbonyl (C=O) groups is 1. The van der Waals surface area contributed by atoms with E-state index in [0.29, 0.717) is 12.5 Å². The van der Waals surface area contributed by atoms with Crippen LogP contribution in [0.1, 0.15) is 24.8 Å². The van der Waals surface area contributed by atoms with Crippen LogP contribution in [0.25, 0.3) is 0 Å². The van der Waals surface area contributed by atoms with Gasteiger partial charge in [0, 0.05) is 17.8 Å². The van der Waals surface area contributed by atoms with Crippen LogP contribution in [0, 0.1) is 5.92 Å². The van der Waals surface area contributed by atoms with Gasteiger partial charge < -0.3 is 5.32 Å². The lowest BCUT2D eigenvalue weighted by molar-refractivity contribution is -0.122. The summed E-state index contributed by atoms with van der Waals surface area (Å²) in [6.45, 7) is 2.43. The molecule has 2 nitrogen and oxygen atoms in total. The van der Waals surface area contributed by atoms with Crippen molar-refractivity contribution >= 4 is 17.5 Å². The molecule has 1 amide bonds. The first-order valence-electron chi connectivity index (χ1n) is 5.65. The molecule has 1 aliphatic rings. The van der Waals surface area contributed by atoms with E-state index in [1.807, 2.05) is 25.1 Å². The van der Waals surface area contributed by atoms with Crippen LogP contribution in [0.4, 0.5) is 0 Å². The molecule has 3 atom stereocenters. The van der Waals surface area contributed by atoms with Gasteiger partial charge in [-0.3, -0.25) is 4.79 Å². The Labute approximate surface area is 101 Å². The summed E-state index contributed by atoms with van der Waals surface area (Å²) < 4.78 is 0. The number of benzene rings is 1. The van der Waals surface area contributed by atoms with Crippen LogP contribution < -0.4 is 5.32 Å². The summed E-state index contributed by atoms with van der Waals surface area (Å²) in [4.78, 5) is 11.7. The number of carbonyl (C=O) groups excluding carboxylic acids is 1. The molecule has 1 fully saturated rings. The first kappa shape index (κ1) is 11.5. The van der Waals surface area contributed by atoms with Crippen LogP contribution in [0.5, 0.6) is 0 Å². The minimum Gasteiger partial charge on any atom is -0.354 e. The number of amides is 1. The van der Waals surface area contributed by atoms with Gasteiger partial charge in [0.1, 0.15) is 0 Å². The van der Waals surface area contributed by atoms with Crippen molar-refractivity contribution in [3.8, 4) is 0 Å². The van der Waals surface area contributed by atoms with Crippen molar-refractivity contribution in [2.75, 3.05) is 6.54 Å². The van der Waals surface area contributed by atoms with Crippen LogP contribution in [-0.2, 0) is 4.79 Å². The van der Waals surface area contributed by atoms with E-state index in [1.54, 1.807) is 0 Å². The number of hydrogen-bond donors (Lipinski definition) is 1. The summed E-state index contributed by atoms with van der Waals surface area (Å²) in [7, 11) is 0. The van der Waals surface area contributed by atoms with E-state index in [0.717, 1.165) is 6.42 Å². The third-order valence-corrected chi connectivity index (χ3v) is 3.07. The number of alkyl halides is 1. The molecule has 0 saturated heterocycles. The zero-order valence-electron chi connectivity index (χ0n) is 9.32.